The Labute approximate surface area is 167 Å². The SMILES string of the molecule is CCCO[C@@]12CC[C@@H](O)[C@@H]3Oc4c(O)ccc(c4C31)C[C@H]2N(CC)CC1CC1. The van der Waals surface area contributed by atoms with Crippen LogP contribution in [0.5, 0.6) is 11.5 Å². The van der Waals surface area contributed by atoms with Crippen molar-refractivity contribution in [2.75, 3.05) is 19.7 Å². The van der Waals surface area contributed by atoms with Crippen LogP contribution in [0, 0.1) is 5.92 Å². The molecule has 0 spiro atoms. The largest absolute Gasteiger partial charge is 0.504 e. The lowest BCUT2D eigenvalue weighted by molar-refractivity contribution is -0.174. The van der Waals surface area contributed by atoms with Gasteiger partial charge in [0.25, 0.3) is 0 Å². The first-order valence-electron chi connectivity index (χ1n) is 11.2. The molecule has 0 saturated heterocycles. The maximum atomic E-state index is 10.8. The molecule has 2 saturated carbocycles. The zero-order chi connectivity index (χ0) is 19.5. The summed E-state index contributed by atoms with van der Waals surface area (Å²) in [6.07, 6.45) is 5.28. The molecular weight excluding hydrogens is 354 g/mol. The smallest absolute Gasteiger partial charge is 0.165 e. The zero-order valence-electron chi connectivity index (χ0n) is 17.1. The normalized spacial score (nSPS) is 35.7. The van der Waals surface area contributed by atoms with Gasteiger partial charge in [-0.05, 0) is 62.6 Å². The highest BCUT2D eigenvalue weighted by Crippen LogP contribution is 2.60. The van der Waals surface area contributed by atoms with Gasteiger partial charge in [-0.2, -0.15) is 0 Å². The van der Waals surface area contributed by atoms with E-state index in [4.69, 9.17) is 9.47 Å². The van der Waals surface area contributed by atoms with Crippen LogP contribution < -0.4 is 4.74 Å². The van der Waals surface area contributed by atoms with Crippen LogP contribution >= 0.6 is 0 Å². The molecule has 1 aromatic carbocycles. The van der Waals surface area contributed by atoms with Crippen molar-refractivity contribution in [3.05, 3.63) is 23.3 Å². The lowest BCUT2D eigenvalue weighted by atomic mass is 9.61. The van der Waals surface area contributed by atoms with Crippen molar-refractivity contribution in [3.63, 3.8) is 0 Å². The number of aliphatic hydroxyl groups is 1. The first kappa shape index (κ1) is 18.7. The lowest BCUT2D eigenvalue weighted by Crippen LogP contribution is -2.66. The van der Waals surface area contributed by atoms with Crippen molar-refractivity contribution in [3.8, 4) is 11.5 Å². The van der Waals surface area contributed by atoms with Gasteiger partial charge in [0.05, 0.1) is 17.6 Å². The summed E-state index contributed by atoms with van der Waals surface area (Å²) < 4.78 is 13.0. The highest BCUT2D eigenvalue weighted by Gasteiger charge is 2.63. The number of ether oxygens (including phenoxy) is 2. The Morgan fingerprint density at radius 2 is 2.07 bits per heavy atom. The molecule has 154 valence electrons. The number of likely N-dealkylation sites (N-methyl/N-ethyl adjacent to an activating group) is 1. The van der Waals surface area contributed by atoms with Crippen molar-refractivity contribution < 1.29 is 19.7 Å². The van der Waals surface area contributed by atoms with E-state index in [-0.39, 0.29) is 29.4 Å². The van der Waals surface area contributed by atoms with Gasteiger partial charge < -0.3 is 19.7 Å². The average Bonchev–Trinajstić information content (AvgIpc) is 3.42. The van der Waals surface area contributed by atoms with Crippen LogP contribution in [0.3, 0.4) is 0 Å². The number of phenolic OH excluding ortho intramolecular Hbond substituents is 1. The predicted molar refractivity (Wildman–Crippen MR) is 107 cm³/mol. The molecule has 3 aliphatic carbocycles. The van der Waals surface area contributed by atoms with E-state index in [1.54, 1.807) is 6.07 Å². The minimum Gasteiger partial charge on any atom is -0.504 e. The third kappa shape index (κ3) is 2.70. The molecule has 0 amide bonds. The van der Waals surface area contributed by atoms with Crippen LogP contribution in [-0.2, 0) is 11.2 Å². The monoisotopic (exact) mass is 387 g/mol. The van der Waals surface area contributed by atoms with E-state index in [1.165, 1.54) is 18.4 Å². The van der Waals surface area contributed by atoms with Crippen LogP contribution in [-0.4, -0.2) is 58.7 Å². The molecule has 4 aliphatic rings. The summed E-state index contributed by atoms with van der Waals surface area (Å²) in [6, 6.07) is 4.10. The minimum absolute atomic E-state index is 0.00750. The molecule has 0 radical (unpaired) electrons. The minimum atomic E-state index is -0.514. The highest BCUT2D eigenvalue weighted by molar-refractivity contribution is 5.58. The molecule has 0 aromatic heterocycles. The number of hydrogen-bond donors (Lipinski definition) is 2. The number of aliphatic hydroxyl groups excluding tert-OH is 1. The number of rotatable bonds is 7. The molecule has 2 N–H and O–H groups in total. The van der Waals surface area contributed by atoms with Gasteiger partial charge in [0, 0.05) is 24.8 Å². The van der Waals surface area contributed by atoms with Gasteiger partial charge in [-0.15, -0.1) is 0 Å². The number of phenols is 1. The van der Waals surface area contributed by atoms with Crippen LogP contribution in [0.25, 0.3) is 0 Å². The van der Waals surface area contributed by atoms with Gasteiger partial charge in [-0.25, -0.2) is 0 Å². The van der Waals surface area contributed by atoms with E-state index in [0.29, 0.717) is 12.2 Å². The lowest BCUT2D eigenvalue weighted by Gasteiger charge is -2.55. The van der Waals surface area contributed by atoms with Crippen LogP contribution in [0.1, 0.15) is 63.0 Å². The third-order valence-electron chi connectivity index (χ3n) is 7.48. The van der Waals surface area contributed by atoms with Crippen molar-refractivity contribution >= 4 is 0 Å². The second-order valence-corrected chi connectivity index (χ2v) is 9.21. The Morgan fingerprint density at radius 1 is 1.25 bits per heavy atom. The number of hydrogen-bond acceptors (Lipinski definition) is 5. The van der Waals surface area contributed by atoms with E-state index in [2.05, 4.69) is 24.8 Å². The molecule has 0 bridgehead atoms. The molecule has 1 aliphatic heterocycles. The van der Waals surface area contributed by atoms with E-state index in [9.17, 15) is 10.2 Å². The molecule has 1 heterocycles. The fraction of sp³-hybridized carbons (Fsp3) is 0.739. The van der Waals surface area contributed by atoms with Crippen LogP contribution in [0.15, 0.2) is 12.1 Å². The van der Waals surface area contributed by atoms with Crippen molar-refractivity contribution in [1.82, 2.24) is 4.90 Å². The maximum absolute atomic E-state index is 10.8. The van der Waals surface area contributed by atoms with Gasteiger partial charge >= 0.3 is 0 Å². The number of benzene rings is 1. The van der Waals surface area contributed by atoms with Crippen molar-refractivity contribution in [2.24, 2.45) is 5.92 Å². The van der Waals surface area contributed by atoms with Gasteiger partial charge in [-0.1, -0.05) is 19.9 Å². The molecule has 5 heteroatoms. The van der Waals surface area contributed by atoms with E-state index >= 15 is 0 Å². The predicted octanol–water partition coefficient (Wildman–Crippen LogP) is 3.21. The topological polar surface area (TPSA) is 62.2 Å². The first-order chi connectivity index (χ1) is 13.6. The second-order valence-electron chi connectivity index (χ2n) is 9.21. The Morgan fingerprint density at radius 3 is 2.79 bits per heavy atom. The van der Waals surface area contributed by atoms with Crippen molar-refractivity contribution in [1.29, 1.82) is 0 Å². The Bertz CT molecular complexity index is 744. The van der Waals surface area contributed by atoms with Gasteiger partial charge in [0.15, 0.2) is 11.5 Å². The van der Waals surface area contributed by atoms with Gasteiger partial charge in [0.2, 0.25) is 0 Å². The average molecular weight is 388 g/mol. The molecule has 1 aromatic rings. The molecular formula is C23H33NO4. The van der Waals surface area contributed by atoms with Gasteiger partial charge in [-0.3, -0.25) is 4.90 Å². The first-order valence-corrected chi connectivity index (χ1v) is 11.2. The molecule has 28 heavy (non-hydrogen) atoms. The summed E-state index contributed by atoms with van der Waals surface area (Å²) >= 11 is 0. The molecule has 2 fully saturated rings. The third-order valence-corrected chi connectivity index (χ3v) is 7.48. The fourth-order valence-corrected chi connectivity index (χ4v) is 6.01. The van der Waals surface area contributed by atoms with Crippen LogP contribution in [0.2, 0.25) is 0 Å². The zero-order valence-corrected chi connectivity index (χ0v) is 17.1. The quantitative estimate of drug-likeness (QED) is 0.752. The van der Waals surface area contributed by atoms with E-state index in [1.807, 2.05) is 0 Å². The summed E-state index contributed by atoms with van der Waals surface area (Å²) in [5, 5.41) is 21.2. The van der Waals surface area contributed by atoms with Crippen molar-refractivity contribution in [2.45, 2.75) is 82.1 Å². The fourth-order valence-electron chi connectivity index (χ4n) is 6.01. The summed E-state index contributed by atoms with van der Waals surface area (Å²) in [6.45, 7) is 7.29. The Balaban J connectivity index is 1.63. The van der Waals surface area contributed by atoms with Crippen LogP contribution in [0.4, 0.5) is 0 Å². The molecule has 5 atom stereocenters. The Hall–Kier alpha value is -1.30. The van der Waals surface area contributed by atoms with Gasteiger partial charge in [0.1, 0.15) is 6.10 Å². The summed E-state index contributed by atoms with van der Waals surface area (Å²) in [5.41, 5.74) is 2.00. The van der Waals surface area contributed by atoms with E-state index in [0.717, 1.165) is 50.4 Å². The standard InChI is InChI=1S/C23H33NO4/c1-3-11-27-23-10-9-17(26)22-20(23)19-15(7-8-16(25)21(19)28-22)12-18(23)24(4-2)13-14-5-6-14/h7-8,14,17-18,20,22,25-26H,3-6,9-13H2,1-2H3/t17-,18-,20?,22+,23-/m1/s1. The number of aromatic hydroxyl groups is 1. The van der Waals surface area contributed by atoms with E-state index < -0.39 is 6.10 Å². The highest BCUT2D eigenvalue weighted by atomic mass is 16.5. The second kappa shape index (κ2) is 6.89. The summed E-state index contributed by atoms with van der Waals surface area (Å²) in [5.74, 6) is 1.59. The molecule has 1 unspecified atom stereocenters. The molecule has 5 rings (SSSR count). The Kier molecular flexibility index (Phi) is 4.61. The molecule has 5 nitrogen and oxygen atoms in total. The summed E-state index contributed by atoms with van der Waals surface area (Å²) in [4.78, 5) is 2.63. The maximum Gasteiger partial charge on any atom is 0.165 e. The summed E-state index contributed by atoms with van der Waals surface area (Å²) in [7, 11) is 0. The number of nitrogens with zero attached hydrogens (tertiary/aromatic N) is 1.